The molecule has 0 heterocycles. The molecule has 0 bridgehead atoms. The van der Waals surface area contributed by atoms with Gasteiger partial charge in [0.2, 0.25) is 0 Å². The highest BCUT2D eigenvalue weighted by Gasteiger charge is 2.61. The SMILES string of the molecule is CCOC[C@@]1(C#N)C[C@H]1S(=O)(=O)CC. The fourth-order valence-electron chi connectivity index (χ4n) is 1.53. The van der Waals surface area contributed by atoms with E-state index in [2.05, 4.69) is 6.07 Å². The molecule has 1 saturated carbocycles. The first-order valence-electron chi connectivity index (χ1n) is 4.73. The summed E-state index contributed by atoms with van der Waals surface area (Å²) in [5, 5.41) is 8.41. The van der Waals surface area contributed by atoms with Crippen molar-refractivity contribution >= 4 is 9.84 Å². The van der Waals surface area contributed by atoms with E-state index in [-0.39, 0.29) is 12.4 Å². The van der Waals surface area contributed by atoms with Gasteiger partial charge in [-0.25, -0.2) is 8.42 Å². The van der Waals surface area contributed by atoms with Gasteiger partial charge in [0.1, 0.15) is 0 Å². The van der Waals surface area contributed by atoms with Crippen molar-refractivity contribution in [2.75, 3.05) is 19.0 Å². The summed E-state index contributed by atoms with van der Waals surface area (Å²) in [7, 11) is -3.08. The second-order valence-corrected chi connectivity index (χ2v) is 6.02. The van der Waals surface area contributed by atoms with Gasteiger partial charge in [-0.05, 0) is 13.3 Å². The molecule has 2 atom stereocenters. The number of nitriles is 1. The largest absolute Gasteiger partial charge is 0.380 e. The first kappa shape index (κ1) is 11.5. The third kappa shape index (κ3) is 1.91. The molecule has 0 amide bonds. The Morgan fingerprint density at radius 1 is 1.57 bits per heavy atom. The fourth-order valence-corrected chi connectivity index (χ4v) is 3.29. The van der Waals surface area contributed by atoms with Crippen molar-refractivity contribution in [2.24, 2.45) is 5.41 Å². The molecule has 14 heavy (non-hydrogen) atoms. The van der Waals surface area contributed by atoms with E-state index in [1.54, 1.807) is 6.92 Å². The Bertz CT molecular complexity index is 344. The molecule has 0 aromatic heterocycles. The summed E-state index contributed by atoms with van der Waals surface area (Å²) in [5.74, 6) is 0.104. The van der Waals surface area contributed by atoms with Crippen LogP contribution >= 0.6 is 0 Å². The van der Waals surface area contributed by atoms with Gasteiger partial charge in [0, 0.05) is 12.4 Å². The van der Waals surface area contributed by atoms with Crippen molar-refractivity contribution in [3.8, 4) is 6.07 Å². The predicted molar refractivity (Wildman–Crippen MR) is 52.4 cm³/mol. The Morgan fingerprint density at radius 2 is 2.21 bits per heavy atom. The Hall–Kier alpha value is -0.600. The number of ether oxygens (including phenoxy) is 1. The van der Waals surface area contributed by atoms with Gasteiger partial charge in [-0.1, -0.05) is 6.92 Å². The average molecular weight is 217 g/mol. The number of sulfone groups is 1. The van der Waals surface area contributed by atoms with Crippen molar-refractivity contribution in [3.05, 3.63) is 0 Å². The first-order valence-corrected chi connectivity index (χ1v) is 6.44. The topological polar surface area (TPSA) is 67.2 Å². The highest BCUT2D eigenvalue weighted by Crippen LogP contribution is 2.50. The summed E-state index contributed by atoms with van der Waals surface area (Å²) >= 11 is 0. The van der Waals surface area contributed by atoms with Crippen LogP contribution in [0.15, 0.2) is 0 Å². The summed E-state index contributed by atoms with van der Waals surface area (Å²) in [6, 6.07) is 2.07. The van der Waals surface area contributed by atoms with Gasteiger partial charge in [-0.2, -0.15) is 5.26 Å². The molecule has 1 fully saturated rings. The molecule has 0 aliphatic heterocycles. The van der Waals surface area contributed by atoms with Crippen LogP contribution in [0, 0.1) is 16.7 Å². The van der Waals surface area contributed by atoms with Crippen LogP contribution in [0.1, 0.15) is 20.3 Å². The highest BCUT2D eigenvalue weighted by molar-refractivity contribution is 7.92. The molecule has 0 spiro atoms. The minimum atomic E-state index is -3.08. The molecule has 0 radical (unpaired) electrons. The smallest absolute Gasteiger partial charge is 0.154 e. The number of hydrogen-bond acceptors (Lipinski definition) is 4. The van der Waals surface area contributed by atoms with Crippen molar-refractivity contribution < 1.29 is 13.2 Å². The average Bonchev–Trinajstić information content (AvgIpc) is 2.91. The van der Waals surface area contributed by atoms with Crippen LogP contribution < -0.4 is 0 Å². The lowest BCUT2D eigenvalue weighted by atomic mass is 10.1. The maximum atomic E-state index is 11.5. The Morgan fingerprint density at radius 3 is 2.64 bits per heavy atom. The van der Waals surface area contributed by atoms with Crippen LogP contribution in [0.5, 0.6) is 0 Å². The lowest BCUT2D eigenvalue weighted by Crippen LogP contribution is -2.20. The van der Waals surface area contributed by atoms with Gasteiger partial charge in [-0.15, -0.1) is 0 Å². The highest BCUT2D eigenvalue weighted by atomic mass is 32.2. The number of rotatable bonds is 5. The van der Waals surface area contributed by atoms with E-state index in [1.165, 1.54) is 0 Å². The maximum absolute atomic E-state index is 11.5. The molecule has 1 rings (SSSR count). The fraction of sp³-hybridized carbons (Fsp3) is 0.889. The summed E-state index contributed by atoms with van der Waals surface area (Å²) < 4.78 is 28.1. The number of hydrogen-bond donors (Lipinski definition) is 0. The molecule has 4 nitrogen and oxygen atoms in total. The van der Waals surface area contributed by atoms with Crippen molar-refractivity contribution in [3.63, 3.8) is 0 Å². The van der Waals surface area contributed by atoms with Crippen LogP contribution in [0.4, 0.5) is 0 Å². The van der Waals surface area contributed by atoms with E-state index in [9.17, 15) is 8.42 Å². The molecule has 0 saturated heterocycles. The van der Waals surface area contributed by atoms with Crippen molar-refractivity contribution in [2.45, 2.75) is 25.5 Å². The van der Waals surface area contributed by atoms with E-state index >= 15 is 0 Å². The molecule has 0 aromatic rings. The van der Waals surface area contributed by atoms with Gasteiger partial charge < -0.3 is 4.74 Å². The zero-order valence-electron chi connectivity index (χ0n) is 8.49. The Labute approximate surface area is 84.8 Å². The quantitative estimate of drug-likeness (QED) is 0.681. The van der Waals surface area contributed by atoms with E-state index in [0.29, 0.717) is 13.0 Å². The van der Waals surface area contributed by atoms with Crippen molar-refractivity contribution in [1.82, 2.24) is 0 Å². The predicted octanol–water partition coefficient (Wildman–Crippen LogP) is 0.740. The van der Waals surface area contributed by atoms with Crippen LogP contribution in [0.3, 0.4) is 0 Å². The summed E-state index contributed by atoms with van der Waals surface area (Å²) in [6.45, 7) is 4.19. The molecule has 0 unspecified atom stereocenters. The maximum Gasteiger partial charge on any atom is 0.154 e. The standard InChI is InChI=1S/C9H15NO3S/c1-3-13-7-9(6-10)5-8(9)14(11,12)4-2/h8H,3-5,7H2,1-2H3/t8-,9+/m1/s1. The Balaban J connectivity index is 2.69. The summed E-state index contributed by atoms with van der Waals surface area (Å²) in [6.07, 6.45) is 0.430. The second kappa shape index (κ2) is 3.87. The molecular formula is C9H15NO3S. The van der Waals surface area contributed by atoms with Gasteiger partial charge in [0.25, 0.3) is 0 Å². The molecule has 1 aliphatic carbocycles. The van der Waals surface area contributed by atoms with Crippen LogP contribution in [-0.2, 0) is 14.6 Å². The second-order valence-electron chi connectivity index (χ2n) is 3.55. The van der Waals surface area contributed by atoms with E-state index < -0.39 is 20.5 Å². The van der Waals surface area contributed by atoms with E-state index in [1.807, 2.05) is 6.92 Å². The minimum absolute atomic E-state index is 0.104. The zero-order chi connectivity index (χ0) is 10.8. The summed E-state index contributed by atoms with van der Waals surface area (Å²) in [5.41, 5.74) is -0.759. The van der Waals surface area contributed by atoms with Crippen molar-refractivity contribution in [1.29, 1.82) is 5.26 Å². The third-order valence-electron chi connectivity index (χ3n) is 2.63. The normalized spacial score (nSPS) is 31.1. The first-order chi connectivity index (χ1) is 6.52. The van der Waals surface area contributed by atoms with Crippen LogP contribution in [0.2, 0.25) is 0 Å². The molecular weight excluding hydrogens is 202 g/mol. The van der Waals surface area contributed by atoms with E-state index in [4.69, 9.17) is 10.00 Å². The molecule has 80 valence electrons. The van der Waals surface area contributed by atoms with E-state index in [0.717, 1.165) is 0 Å². The molecule has 5 heteroatoms. The molecule has 1 aliphatic rings. The van der Waals surface area contributed by atoms with Gasteiger partial charge >= 0.3 is 0 Å². The number of nitrogens with zero attached hydrogens (tertiary/aromatic N) is 1. The van der Waals surface area contributed by atoms with Crippen LogP contribution in [0.25, 0.3) is 0 Å². The van der Waals surface area contributed by atoms with Gasteiger partial charge in [-0.3, -0.25) is 0 Å². The molecule has 0 N–H and O–H groups in total. The van der Waals surface area contributed by atoms with Crippen LogP contribution in [-0.4, -0.2) is 32.6 Å². The Kier molecular flexibility index (Phi) is 3.17. The lowest BCUT2D eigenvalue weighted by molar-refractivity contribution is 0.119. The molecule has 0 aromatic carbocycles. The minimum Gasteiger partial charge on any atom is -0.380 e. The third-order valence-corrected chi connectivity index (χ3v) is 4.92. The van der Waals surface area contributed by atoms with Gasteiger partial charge in [0.15, 0.2) is 9.84 Å². The monoisotopic (exact) mass is 217 g/mol. The zero-order valence-corrected chi connectivity index (χ0v) is 9.30. The lowest BCUT2D eigenvalue weighted by Gasteiger charge is -2.07. The van der Waals surface area contributed by atoms with Gasteiger partial charge in [0.05, 0.1) is 23.3 Å². The summed E-state index contributed by atoms with van der Waals surface area (Å²) in [4.78, 5) is 0.